The van der Waals surface area contributed by atoms with Crippen molar-refractivity contribution in [3.05, 3.63) is 47.0 Å². The molecule has 5 nitrogen and oxygen atoms in total. The first-order chi connectivity index (χ1) is 11.6. The van der Waals surface area contributed by atoms with Gasteiger partial charge < -0.3 is 9.73 Å². The van der Waals surface area contributed by atoms with Crippen molar-refractivity contribution >= 4 is 5.88 Å². The van der Waals surface area contributed by atoms with Crippen molar-refractivity contribution in [3.8, 4) is 6.07 Å². The van der Waals surface area contributed by atoms with E-state index in [2.05, 4.69) is 15.2 Å². The Bertz CT molecular complexity index is 762. The van der Waals surface area contributed by atoms with Crippen LogP contribution in [0.5, 0.6) is 0 Å². The monoisotopic (exact) mass is 332 g/mol. The lowest BCUT2D eigenvalue weighted by Crippen LogP contribution is -2.31. The van der Waals surface area contributed by atoms with Crippen molar-refractivity contribution in [2.75, 3.05) is 25.0 Å². The minimum absolute atomic E-state index is 0.173. The average Bonchev–Trinajstić information content (AvgIpc) is 3.19. The topological polar surface area (TPSA) is 65.1 Å². The highest BCUT2D eigenvalue weighted by molar-refractivity contribution is 5.45. The number of rotatable bonds is 5. The minimum Gasteiger partial charge on any atom is -0.424 e. The Kier molecular flexibility index (Phi) is 4.76. The van der Waals surface area contributed by atoms with Crippen LogP contribution in [0.1, 0.15) is 36.0 Å². The van der Waals surface area contributed by atoms with E-state index in [1.54, 1.807) is 6.92 Å². The zero-order valence-corrected chi connectivity index (χ0v) is 13.4. The maximum Gasteiger partial charge on any atom is 0.232 e. The van der Waals surface area contributed by atoms with Crippen molar-refractivity contribution < 1.29 is 13.2 Å². The Labute approximate surface area is 138 Å². The number of halogens is 2. The molecule has 1 aliphatic heterocycles. The summed E-state index contributed by atoms with van der Waals surface area (Å²) in [5.41, 5.74) is 0.604. The zero-order chi connectivity index (χ0) is 17.1. The molecule has 0 bridgehead atoms. The zero-order valence-electron chi connectivity index (χ0n) is 13.4. The molecule has 1 N–H and O–H groups in total. The molecule has 1 atom stereocenters. The second-order valence-electron chi connectivity index (χ2n) is 5.83. The molecule has 1 aliphatic rings. The predicted molar refractivity (Wildman–Crippen MR) is 84.4 cm³/mol. The van der Waals surface area contributed by atoms with Gasteiger partial charge in [-0.1, -0.05) is 6.07 Å². The molecule has 2 aromatic rings. The van der Waals surface area contributed by atoms with Crippen LogP contribution < -0.4 is 5.32 Å². The summed E-state index contributed by atoms with van der Waals surface area (Å²) in [7, 11) is 0. The van der Waals surface area contributed by atoms with Crippen molar-refractivity contribution in [1.82, 2.24) is 9.88 Å². The van der Waals surface area contributed by atoms with Crippen LogP contribution in [-0.2, 0) is 0 Å². The van der Waals surface area contributed by atoms with E-state index in [1.807, 2.05) is 6.07 Å². The SMILES string of the molecule is Cc1nc(C#N)c(NC[C@H](c2ccc(F)cc2F)N2CCCC2)o1. The first kappa shape index (κ1) is 16.4. The molecule has 1 fully saturated rings. The van der Waals surface area contributed by atoms with Crippen LogP contribution >= 0.6 is 0 Å². The summed E-state index contributed by atoms with van der Waals surface area (Å²) < 4.78 is 32.8. The number of nitrogens with zero attached hydrogens (tertiary/aromatic N) is 3. The molecular weight excluding hydrogens is 314 g/mol. The number of oxazole rings is 1. The molecule has 1 aromatic carbocycles. The fourth-order valence-corrected chi connectivity index (χ4v) is 3.07. The third-order valence-electron chi connectivity index (χ3n) is 4.20. The predicted octanol–water partition coefficient (Wildman–Crippen LogP) is 3.38. The molecule has 0 spiro atoms. The van der Waals surface area contributed by atoms with Crippen molar-refractivity contribution in [3.63, 3.8) is 0 Å². The molecule has 24 heavy (non-hydrogen) atoms. The van der Waals surface area contributed by atoms with Gasteiger partial charge in [-0.15, -0.1) is 0 Å². The molecule has 0 radical (unpaired) electrons. The van der Waals surface area contributed by atoms with Crippen LogP contribution in [0.2, 0.25) is 0 Å². The third kappa shape index (κ3) is 3.39. The van der Waals surface area contributed by atoms with Gasteiger partial charge in [-0.3, -0.25) is 4.90 Å². The molecule has 0 aliphatic carbocycles. The van der Waals surface area contributed by atoms with Crippen molar-refractivity contribution in [2.24, 2.45) is 0 Å². The summed E-state index contributed by atoms with van der Waals surface area (Å²) in [5, 5.41) is 12.1. The van der Waals surface area contributed by atoms with E-state index in [0.29, 0.717) is 18.0 Å². The molecule has 2 heterocycles. The van der Waals surface area contributed by atoms with Crippen LogP contribution in [-0.4, -0.2) is 29.5 Å². The number of nitrogens with one attached hydrogen (secondary N) is 1. The third-order valence-corrected chi connectivity index (χ3v) is 4.20. The fraction of sp³-hybridized carbons (Fsp3) is 0.412. The highest BCUT2D eigenvalue weighted by Crippen LogP contribution is 2.28. The highest BCUT2D eigenvalue weighted by Gasteiger charge is 2.26. The van der Waals surface area contributed by atoms with Gasteiger partial charge in [-0.2, -0.15) is 5.26 Å². The van der Waals surface area contributed by atoms with Crippen LogP contribution in [0.25, 0.3) is 0 Å². The lowest BCUT2D eigenvalue weighted by Gasteiger charge is -2.28. The number of likely N-dealkylation sites (tertiary alicyclic amines) is 1. The van der Waals surface area contributed by atoms with Gasteiger partial charge in [0.05, 0.1) is 6.04 Å². The number of benzene rings is 1. The Morgan fingerprint density at radius 3 is 2.79 bits per heavy atom. The van der Waals surface area contributed by atoms with Crippen LogP contribution in [0, 0.1) is 29.9 Å². The van der Waals surface area contributed by atoms with E-state index in [-0.39, 0.29) is 17.6 Å². The quantitative estimate of drug-likeness (QED) is 0.909. The van der Waals surface area contributed by atoms with Crippen molar-refractivity contribution in [2.45, 2.75) is 25.8 Å². The van der Waals surface area contributed by atoms with Crippen LogP contribution in [0.3, 0.4) is 0 Å². The van der Waals surface area contributed by atoms with Gasteiger partial charge >= 0.3 is 0 Å². The molecule has 0 unspecified atom stereocenters. The normalized spacial score (nSPS) is 16.1. The molecule has 1 saturated heterocycles. The molecular formula is C17H18F2N4O. The largest absolute Gasteiger partial charge is 0.424 e. The highest BCUT2D eigenvalue weighted by atomic mass is 19.1. The Balaban J connectivity index is 1.84. The van der Waals surface area contributed by atoms with Crippen LogP contribution in [0.15, 0.2) is 22.6 Å². The van der Waals surface area contributed by atoms with Crippen LogP contribution in [0.4, 0.5) is 14.7 Å². The fourth-order valence-electron chi connectivity index (χ4n) is 3.07. The van der Waals surface area contributed by atoms with Gasteiger partial charge in [-0.05, 0) is 32.0 Å². The first-order valence-corrected chi connectivity index (χ1v) is 7.89. The Morgan fingerprint density at radius 1 is 1.38 bits per heavy atom. The number of aryl methyl sites for hydroxylation is 1. The molecule has 0 saturated carbocycles. The number of nitriles is 1. The Hall–Kier alpha value is -2.46. The summed E-state index contributed by atoms with van der Waals surface area (Å²) in [6.45, 7) is 3.70. The van der Waals surface area contributed by atoms with E-state index in [1.165, 1.54) is 12.1 Å². The standard InChI is InChI=1S/C17H18F2N4O/c1-11-22-15(9-20)17(24-11)21-10-16(23-6-2-3-7-23)13-5-4-12(18)8-14(13)19/h4-5,8,16,21H,2-3,6-7,10H2,1H3/t16-/m1/s1. The number of aromatic nitrogens is 1. The number of hydrogen-bond acceptors (Lipinski definition) is 5. The minimum atomic E-state index is -0.595. The molecule has 126 valence electrons. The summed E-state index contributed by atoms with van der Waals surface area (Å²) in [4.78, 5) is 6.13. The van der Waals surface area contributed by atoms with Gasteiger partial charge in [0.15, 0.2) is 5.89 Å². The number of anilines is 1. The van der Waals surface area contributed by atoms with Gasteiger partial charge in [0.25, 0.3) is 0 Å². The second-order valence-corrected chi connectivity index (χ2v) is 5.83. The van der Waals surface area contributed by atoms with Gasteiger partial charge in [0.1, 0.15) is 17.7 Å². The lowest BCUT2D eigenvalue weighted by atomic mass is 10.0. The summed E-state index contributed by atoms with van der Waals surface area (Å²) >= 11 is 0. The van der Waals surface area contributed by atoms with E-state index in [0.717, 1.165) is 32.0 Å². The maximum atomic E-state index is 14.2. The molecule has 3 rings (SSSR count). The summed E-state index contributed by atoms with van der Waals surface area (Å²) in [5.74, 6) is -0.494. The van der Waals surface area contributed by atoms with E-state index in [4.69, 9.17) is 9.68 Å². The molecule has 7 heteroatoms. The molecule has 1 aromatic heterocycles. The van der Waals surface area contributed by atoms with Crippen molar-refractivity contribution in [1.29, 1.82) is 5.26 Å². The van der Waals surface area contributed by atoms with Gasteiger partial charge in [0.2, 0.25) is 11.6 Å². The first-order valence-electron chi connectivity index (χ1n) is 7.89. The van der Waals surface area contributed by atoms with E-state index in [9.17, 15) is 8.78 Å². The maximum absolute atomic E-state index is 14.2. The summed E-state index contributed by atoms with van der Waals surface area (Å²) in [6, 6.07) is 5.33. The molecule has 0 amide bonds. The van der Waals surface area contributed by atoms with Gasteiger partial charge in [0, 0.05) is 25.1 Å². The smallest absolute Gasteiger partial charge is 0.232 e. The summed E-state index contributed by atoms with van der Waals surface area (Å²) in [6.07, 6.45) is 2.09. The second kappa shape index (κ2) is 6.97. The van der Waals surface area contributed by atoms with E-state index < -0.39 is 11.6 Å². The lowest BCUT2D eigenvalue weighted by molar-refractivity contribution is 0.249. The average molecular weight is 332 g/mol. The van der Waals surface area contributed by atoms with E-state index >= 15 is 0 Å². The number of hydrogen-bond donors (Lipinski definition) is 1. The van der Waals surface area contributed by atoms with Gasteiger partial charge in [-0.25, -0.2) is 13.8 Å². The Morgan fingerprint density at radius 2 is 2.12 bits per heavy atom.